The van der Waals surface area contributed by atoms with E-state index in [9.17, 15) is 13.6 Å². The maximum absolute atomic E-state index is 14.8. The Hall–Kier alpha value is -3.98. The minimum Gasteiger partial charge on any atom is -0.383 e. The molecule has 5 heterocycles. The summed E-state index contributed by atoms with van der Waals surface area (Å²) >= 11 is 0. The number of carbonyl (C=O) groups is 1. The van der Waals surface area contributed by atoms with Gasteiger partial charge in [-0.15, -0.1) is 0 Å². The number of hydrogen-bond acceptors (Lipinski definition) is 11. The van der Waals surface area contributed by atoms with E-state index in [0.29, 0.717) is 43.1 Å². The van der Waals surface area contributed by atoms with Crippen molar-refractivity contribution < 1.29 is 18.3 Å². The minimum absolute atomic E-state index is 0.0340. The Kier molecular flexibility index (Phi) is 7.87. The molecule has 13 nitrogen and oxygen atoms in total. The fourth-order valence-corrected chi connectivity index (χ4v) is 5.11. The third-order valence-electron chi connectivity index (χ3n) is 7.52. The third kappa shape index (κ3) is 6.51. The van der Waals surface area contributed by atoms with Gasteiger partial charge in [0.2, 0.25) is 29.7 Å². The average molecular weight is 570 g/mol. The van der Waals surface area contributed by atoms with E-state index < -0.39 is 24.1 Å². The fourth-order valence-electron chi connectivity index (χ4n) is 5.11. The Labute approximate surface area is 235 Å². The molecule has 3 aromatic rings. The number of hydrogen-bond donors (Lipinski definition) is 3. The highest BCUT2D eigenvalue weighted by Gasteiger charge is 2.39. The molecule has 218 valence electrons. The van der Waals surface area contributed by atoms with Gasteiger partial charge < -0.3 is 25.2 Å². The van der Waals surface area contributed by atoms with Crippen molar-refractivity contribution in [1.82, 2.24) is 35.0 Å². The number of carbonyl (C=O) groups excluding carboxylic acids is 1. The first-order valence-electron chi connectivity index (χ1n) is 13.8. The molecule has 0 aromatic carbocycles. The van der Waals surface area contributed by atoms with Crippen LogP contribution in [0.2, 0.25) is 0 Å². The number of alkyl halides is 1. The smallest absolute Gasteiger partial charge is 0.247 e. The number of aromatic nitrogens is 6. The highest BCUT2D eigenvalue weighted by atomic mass is 19.1. The zero-order valence-electron chi connectivity index (χ0n) is 22.8. The predicted octanol–water partition coefficient (Wildman–Crippen LogP) is 2.07. The van der Waals surface area contributed by atoms with E-state index in [-0.39, 0.29) is 24.9 Å². The lowest BCUT2D eigenvalue weighted by Gasteiger charge is -2.35. The Morgan fingerprint density at radius 3 is 2.68 bits per heavy atom. The molecule has 3 N–H and O–H groups in total. The van der Waals surface area contributed by atoms with Gasteiger partial charge in [0, 0.05) is 58.2 Å². The molecule has 0 bridgehead atoms. The van der Waals surface area contributed by atoms with Gasteiger partial charge in [0.15, 0.2) is 0 Å². The quantitative estimate of drug-likeness (QED) is 0.309. The molecule has 15 heteroatoms. The SMILES string of the molecule is COCCN1CCN(c2nc(Nc3cc(C4CC4)n[nH]3)nc(N3C[C@H](F)C[C@H]3C(=O)Nc3ccc(F)nc3)n2)CC1. The standard InChI is InChI=1S/C26H33F2N11O2/c1-41-11-10-37-6-8-38(9-7-37)25-32-24(31-22-13-19(35-36-22)16-2-3-16)33-26(34-25)39-15-17(27)12-20(39)23(40)30-18-4-5-21(28)29-14-18/h4-5,13-14,16-17,20H,2-3,6-12,15H2,1H3,(H,30,40)(H2,31,32,33,34,35,36)/t17-,20+/m1/s1. The van der Waals surface area contributed by atoms with Gasteiger partial charge in [0.05, 0.1) is 30.7 Å². The number of H-pyrrole nitrogens is 1. The van der Waals surface area contributed by atoms with Crippen LogP contribution in [0, 0.1) is 5.95 Å². The number of anilines is 5. The molecule has 0 unspecified atom stereocenters. The molecule has 1 amide bonds. The molecular weight excluding hydrogens is 536 g/mol. The minimum atomic E-state index is -1.26. The molecule has 2 saturated heterocycles. The number of rotatable bonds is 10. The summed E-state index contributed by atoms with van der Waals surface area (Å²) < 4.78 is 33.2. The third-order valence-corrected chi connectivity index (χ3v) is 7.52. The van der Waals surface area contributed by atoms with E-state index in [1.807, 2.05) is 6.07 Å². The van der Waals surface area contributed by atoms with Crippen LogP contribution >= 0.6 is 0 Å². The lowest BCUT2D eigenvalue weighted by Crippen LogP contribution is -2.48. The molecule has 41 heavy (non-hydrogen) atoms. The van der Waals surface area contributed by atoms with Crippen LogP contribution in [0.1, 0.15) is 30.9 Å². The van der Waals surface area contributed by atoms with Crippen molar-refractivity contribution in [2.75, 3.05) is 73.4 Å². The van der Waals surface area contributed by atoms with Gasteiger partial charge in [-0.2, -0.15) is 24.4 Å². The monoisotopic (exact) mass is 569 g/mol. The van der Waals surface area contributed by atoms with Crippen LogP contribution in [-0.4, -0.2) is 106 Å². The molecular formula is C26H33F2N11O2. The normalized spacial score (nSPS) is 21.3. The molecule has 6 rings (SSSR count). The average Bonchev–Trinajstić information content (AvgIpc) is 3.60. The van der Waals surface area contributed by atoms with Crippen LogP contribution in [0.4, 0.5) is 38.1 Å². The van der Waals surface area contributed by atoms with Crippen LogP contribution in [0.5, 0.6) is 0 Å². The lowest BCUT2D eigenvalue weighted by atomic mass is 10.2. The molecule has 3 aromatic heterocycles. The number of piperazine rings is 1. The topological polar surface area (TPSA) is 140 Å². The van der Waals surface area contributed by atoms with Gasteiger partial charge in [-0.25, -0.2) is 9.37 Å². The van der Waals surface area contributed by atoms with Crippen molar-refractivity contribution in [3.63, 3.8) is 0 Å². The molecule has 1 aliphatic carbocycles. The van der Waals surface area contributed by atoms with Crippen molar-refractivity contribution in [2.45, 2.75) is 37.4 Å². The number of nitrogens with one attached hydrogen (secondary N) is 3. The zero-order chi connectivity index (χ0) is 28.3. The Morgan fingerprint density at radius 1 is 1.15 bits per heavy atom. The first-order chi connectivity index (χ1) is 19.9. The maximum Gasteiger partial charge on any atom is 0.247 e. The lowest BCUT2D eigenvalue weighted by molar-refractivity contribution is -0.117. The molecule has 3 fully saturated rings. The summed E-state index contributed by atoms with van der Waals surface area (Å²) in [5.41, 5.74) is 1.30. The summed E-state index contributed by atoms with van der Waals surface area (Å²) in [6.45, 7) is 4.45. The summed E-state index contributed by atoms with van der Waals surface area (Å²) in [7, 11) is 1.69. The van der Waals surface area contributed by atoms with Crippen LogP contribution in [0.3, 0.4) is 0 Å². The van der Waals surface area contributed by atoms with E-state index >= 15 is 0 Å². The van der Waals surface area contributed by atoms with Crippen molar-refractivity contribution in [2.24, 2.45) is 0 Å². The highest BCUT2D eigenvalue weighted by Crippen LogP contribution is 2.39. The molecule has 0 radical (unpaired) electrons. The van der Waals surface area contributed by atoms with Crippen molar-refractivity contribution in [3.8, 4) is 0 Å². The maximum atomic E-state index is 14.8. The number of nitrogens with zero attached hydrogens (tertiary/aromatic N) is 8. The van der Waals surface area contributed by atoms with Crippen LogP contribution in [0.15, 0.2) is 24.4 Å². The zero-order valence-corrected chi connectivity index (χ0v) is 22.8. The number of pyridine rings is 1. The molecule has 1 saturated carbocycles. The summed E-state index contributed by atoms with van der Waals surface area (Å²) in [6, 6.07) is 3.62. The van der Waals surface area contributed by atoms with Gasteiger partial charge in [-0.3, -0.25) is 14.8 Å². The molecule has 2 atom stereocenters. The summed E-state index contributed by atoms with van der Waals surface area (Å²) in [5.74, 6) is 0.901. The Morgan fingerprint density at radius 2 is 1.95 bits per heavy atom. The number of amides is 1. The molecule has 2 aliphatic heterocycles. The van der Waals surface area contributed by atoms with Gasteiger partial charge in [-0.1, -0.05) is 0 Å². The number of methoxy groups -OCH3 is 1. The number of aromatic amines is 1. The first-order valence-corrected chi connectivity index (χ1v) is 13.8. The van der Waals surface area contributed by atoms with Gasteiger partial charge >= 0.3 is 0 Å². The van der Waals surface area contributed by atoms with Gasteiger partial charge in [0.1, 0.15) is 18.0 Å². The Bertz CT molecular complexity index is 1350. The van der Waals surface area contributed by atoms with Crippen LogP contribution in [0.25, 0.3) is 0 Å². The number of ether oxygens (including phenoxy) is 1. The van der Waals surface area contributed by atoms with Crippen molar-refractivity contribution >= 4 is 35.3 Å². The summed E-state index contributed by atoms with van der Waals surface area (Å²) in [6.07, 6.45) is 2.17. The second-order valence-electron chi connectivity index (χ2n) is 10.5. The summed E-state index contributed by atoms with van der Waals surface area (Å²) in [5, 5.41) is 13.3. The van der Waals surface area contributed by atoms with E-state index in [1.54, 1.807) is 12.0 Å². The predicted molar refractivity (Wildman–Crippen MR) is 148 cm³/mol. The molecule has 3 aliphatic rings. The van der Waals surface area contributed by atoms with Crippen LogP contribution < -0.4 is 20.4 Å². The van der Waals surface area contributed by atoms with E-state index in [4.69, 9.17) is 9.72 Å². The van der Waals surface area contributed by atoms with E-state index in [2.05, 4.69) is 45.6 Å². The first kappa shape index (κ1) is 27.2. The second-order valence-corrected chi connectivity index (χ2v) is 10.5. The highest BCUT2D eigenvalue weighted by molar-refractivity contribution is 5.97. The fraction of sp³-hybridized carbons (Fsp3) is 0.538. The van der Waals surface area contributed by atoms with E-state index in [1.165, 1.54) is 12.3 Å². The Balaban J connectivity index is 1.25. The van der Waals surface area contributed by atoms with Crippen molar-refractivity contribution in [1.29, 1.82) is 0 Å². The second kappa shape index (κ2) is 11.9. The van der Waals surface area contributed by atoms with E-state index in [0.717, 1.165) is 44.2 Å². The van der Waals surface area contributed by atoms with Gasteiger partial charge in [0.25, 0.3) is 0 Å². The largest absolute Gasteiger partial charge is 0.383 e. The number of halogens is 2. The summed E-state index contributed by atoms with van der Waals surface area (Å²) in [4.78, 5) is 36.7. The molecule has 0 spiro atoms. The van der Waals surface area contributed by atoms with Crippen molar-refractivity contribution in [3.05, 3.63) is 36.0 Å². The van der Waals surface area contributed by atoms with Gasteiger partial charge in [-0.05, 0) is 25.0 Å². The van der Waals surface area contributed by atoms with Crippen LogP contribution in [-0.2, 0) is 9.53 Å².